The lowest BCUT2D eigenvalue weighted by molar-refractivity contribution is 0.174. The van der Waals surface area contributed by atoms with E-state index in [-0.39, 0.29) is 5.30 Å². The van der Waals surface area contributed by atoms with E-state index in [4.69, 9.17) is 4.74 Å². The van der Waals surface area contributed by atoms with Gasteiger partial charge in [-0.2, -0.15) is 0 Å². The maximum absolute atomic E-state index is 10.5. The first kappa shape index (κ1) is 6.68. The highest BCUT2D eigenvalue weighted by Gasteiger charge is 2.13. The lowest BCUT2D eigenvalue weighted by Crippen LogP contribution is -2.06. The number of hydrogen-bond acceptors (Lipinski definition) is 3. The molecule has 0 bridgehead atoms. The molecule has 0 radical (unpaired) electrons. The van der Waals surface area contributed by atoms with Crippen molar-refractivity contribution in [2.24, 2.45) is 0 Å². The Morgan fingerprint density at radius 1 is 1.78 bits per heavy atom. The van der Waals surface area contributed by atoms with Gasteiger partial charge in [-0.1, -0.05) is 6.08 Å². The molecule has 0 amide bonds. The summed E-state index contributed by atoms with van der Waals surface area (Å²) < 4.78 is 4.69. The van der Waals surface area contributed by atoms with Crippen molar-refractivity contribution in [3.63, 3.8) is 0 Å². The van der Waals surface area contributed by atoms with Crippen LogP contribution in [0.4, 0.5) is 4.79 Å². The highest BCUT2D eigenvalue weighted by Crippen LogP contribution is 2.25. The molecule has 1 rings (SSSR count). The first-order valence-corrected chi connectivity index (χ1v) is 3.64. The molecule has 3 heteroatoms. The SMILES string of the molecule is CC=C1CCOC(=O)S1. The van der Waals surface area contributed by atoms with Crippen molar-refractivity contribution >= 4 is 17.1 Å². The third-order valence-corrected chi connectivity index (χ3v) is 2.09. The molecule has 0 N–H and O–H groups in total. The van der Waals surface area contributed by atoms with Gasteiger partial charge in [0.15, 0.2) is 0 Å². The largest absolute Gasteiger partial charge is 0.457 e. The molecule has 0 saturated carbocycles. The van der Waals surface area contributed by atoms with Gasteiger partial charge in [-0.05, 0) is 23.6 Å². The van der Waals surface area contributed by atoms with Crippen LogP contribution in [0.15, 0.2) is 11.0 Å². The molecular formula is C6H8O2S. The van der Waals surface area contributed by atoms with Gasteiger partial charge in [0.25, 0.3) is 0 Å². The van der Waals surface area contributed by atoms with Gasteiger partial charge in [0, 0.05) is 6.42 Å². The van der Waals surface area contributed by atoms with Crippen LogP contribution in [0.1, 0.15) is 13.3 Å². The predicted octanol–water partition coefficient (Wildman–Crippen LogP) is 2.16. The third kappa shape index (κ3) is 1.75. The van der Waals surface area contributed by atoms with E-state index in [0.717, 1.165) is 11.3 Å². The number of cyclic esters (lactones) is 1. The Morgan fingerprint density at radius 2 is 2.56 bits per heavy atom. The molecule has 50 valence electrons. The summed E-state index contributed by atoms with van der Waals surface area (Å²) in [5.41, 5.74) is 0. The van der Waals surface area contributed by atoms with Gasteiger partial charge in [0.1, 0.15) is 0 Å². The van der Waals surface area contributed by atoms with Crippen LogP contribution in [0.3, 0.4) is 0 Å². The number of thioether (sulfide) groups is 1. The van der Waals surface area contributed by atoms with E-state index in [9.17, 15) is 4.79 Å². The highest BCUT2D eigenvalue weighted by atomic mass is 32.2. The Hall–Kier alpha value is -0.440. The van der Waals surface area contributed by atoms with Gasteiger partial charge in [0.2, 0.25) is 0 Å². The molecular weight excluding hydrogens is 136 g/mol. The Morgan fingerprint density at radius 3 is 3.00 bits per heavy atom. The van der Waals surface area contributed by atoms with E-state index < -0.39 is 0 Å². The van der Waals surface area contributed by atoms with Gasteiger partial charge >= 0.3 is 5.30 Å². The molecule has 1 saturated heterocycles. The first-order valence-electron chi connectivity index (χ1n) is 2.82. The van der Waals surface area contributed by atoms with E-state index in [1.807, 2.05) is 13.0 Å². The summed E-state index contributed by atoms with van der Waals surface area (Å²) in [5.74, 6) is 0. The van der Waals surface area contributed by atoms with Gasteiger partial charge in [-0.25, -0.2) is 4.79 Å². The van der Waals surface area contributed by atoms with E-state index in [1.165, 1.54) is 11.8 Å². The highest BCUT2D eigenvalue weighted by molar-refractivity contribution is 8.16. The fourth-order valence-electron chi connectivity index (χ4n) is 0.626. The van der Waals surface area contributed by atoms with Crippen molar-refractivity contribution in [3.8, 4) is 0 Å². The zero-order valence-corrected chi connectivity index (χ0v) is 6.03. The molecule has 0 aromatic carbocycles. The van der Waals surface area contributed by atoms with Crippen molar-refractivity contribution in [3.05, 3.63) is 11.0 Å². The third-order valence-electron chi connectivity index (χ3n) is 1.10. The van der Waals surface area contributed by atoms with E-state index in [1.54, 1.807) is 0 Å². The minimum Gasteiger partial charge on any atom is -0.457 e. The van der Waals surface area contributed by atoms with Crippen LogP contribution in [-0.4, -0.2) is 11.9 Å². The average molecular weight is 144 g/mol. The Kier molecular flexibility index (Phi) is 2.16. The minimum absolute atomic E-state index is 0.172. The molecule has 0 spiro atoms. The van der Waals surface area contributed by atoms with Crippen molar-refractivity contribution in [2.45, 2.75) is 13.3 Å². The lowest BCUT2D eigenvalue weighted by Gasteiger charge is -2.11. The lowest BCUT2D eigenvalue weighted by atomic mass is 10.4. The second kappa shape index (κ2) is 2.92. The molecule has 0 aliphatic carbocycles. The monoisotopic (exact) mass is 144 g/mol. The molecule has 0 atom stereocenters. The van der Waals surface area contributed by atoms with Crippen LogP contribution in [0.5, 0.6) is 0 Å². The minimum atomic E-state index is -0.172. The molecule has 0 aromatic heterocycles. The maximum atomic E-state index is 10.5. The second-order valence-electron chi connectivity index (χ2n) is 1.71. The molecule has 0 aromatic rings. The first-order chi connectivity index (χ1) is 4.33. The fraction of sp³-hybridized carbons (Fsp3) is 0.500. The van der Waals surface area contributed by atoms with Gasteiger partial charge in [0.05, 0.1) is 6.61 Å². The summed E-state index contributed by atoms with van der Waals surface area (Å²) in [5, 5.41) is -0.172. The number of carbonyl (C=O) groups excluding carboxylic acids is 1. The smallest absolute Gasteiger partial charge is 0.371 e. The van der Waals surface area contributed by atoms with Gasteiger partial charge < -0.3 is 4.74 Å². The summed E-state index contributed by atoms with van der Waals surface area (Å²) in [4.78, 5) is 11.6. The predicted molar refractivity (Wildman–Crippen MR) is 37.3 cm³/mol. The topological polar surface area (TPSA) is 26.3 Å². The Balaban J connectivity index is 2.51. The Labute approximate surface area is 58.3 Å². The van der Waals surface area contributed by atoms with Gasteiger partial charge in [-0.15, -0.1) is 0 Å². The summed E-state index contributed by atoms with van der Waals surface area (Å²) in [6.07, 6.45) is 2.83. The average Bonchev–Trinajstić information content (AvgIpc) is 1.88. The fourth-order valence-corrected chi connectivity index (χ4v) is 1.29. The molecule has 2 nitrogen and oxygen atoms in total. The van der Waals surface area contributed by atoms with Crippen LogP contribution in [-0.2, 0) is 4.74 Å². The zero-order valence-electron chi connectivity index (χ0n) is 5.22. The van der Waals surface area contributed by atoms with E-state index in [0.29, 0.717) is 6.61 Å². The summed E-state index contributed by atoms with van der Waals surface area (Å²) in [7, 11) is 0. The summed E-state index contributed by atoms with van der Waals surface area (Å²) >= 11 is 1.19. The van der Waals surface area contributed by atoms with Crippen molar-refractivity contribution < 1.29 is 9.53 Å². The van der Waals surface area contributed by atoms with Crippen molar-refractivity contribution in [1.29, 1.82) is 0 Å². The van der Waals surface area contributed by atoms with Gasteiger partial charge in [-0.3, -0.25) is 0 Å². The van der Waals surface area contributed by atoms with Crippen LogP contribution >= 0.6 is 11.8 Å². The molecule has 9 heavy (non-hydrogen) atoms. The standard InChI is InChI=1S/C6H8O2S/c1-2-5-3-4-8-6(7)9-5/h2H,3-4H2,1H3. The number of hydrogen-bond donors (Lipinski definition) is 0. The number of ether oxygens (including phenoxy) is 1. The van der Waals surface area contributed by atoms with Crippen LogP contribution in [0, 0.1) is 0 Å². The summed E-state index contributed by atoms with van der Waals surface area (Å²) in [6, 6.07) is 0. The quantitative estimate of drug-likeness (QED) is 0.487. The number of rotatable bonds is 0. The van der Waals surface area contributed by atoms with Crippen LogP contribution in [0.25, 0.3) is 0 Å². The number of allylic oxidation sites excluding steroid dienone is 1. The molecule has 0 unspecified atom stereocenters. The van der Waals surface area contributed by atoms with E-state index in [2.05, 4.69) is 0 Å². The van der Waals surface area contributed by atoms with Crippen molar-refractivity contribution in [1.82, 2.24) is 0 Å². The van der Waals surface area contributed by atoms with Crippen molar-refractivity contribution in [2.75, 3.05) is 6.61 Å². The zero-order chi connectivity index (χ0) is 6.69. The Bertz CT molecular complexity index is 151. The molecule has 1 fully saturated rings. The van der Waals surface area contributed by atoms with Crippen LogP contribution < -0.4 is 0 Å². The second-order valence-corrected chi connectivity index (χ2v) is 2.77. The van der Waals surface area contributed by atoms with Crippen LogP contribution in [0.2, 0.25) is 0 Å². The van der Waals surface area contributed by atoms with E-state index >= 15 is 0 Å². The normalized spacial score (nSPS) is 24.1. The summed E-state index contributed by atoms with van der Waals surface area (Å²) in [6.45, 7) is 2.48. The molecule has 1 heterocycles. The maximum Gasteiger partial charge on any atom is 0.371 e. The molecule has 1 aliphatic rings. The number of carbonyl (C=O) groups is 1. The molecule has 1 aliphatic heterocycles.